The Morgan fingerprint density at radius 3 is 2.40 bits per heavy atom. The molecule has 0 aliphatic heterocycles. The lowest BCUT2D eigenvalue weighted by molar-refractivity contribution is 0.143. The van der Waals surface area contributed by atoms with Gasteiger partial charge in [-0.3, -0.25) is 0 Å². The van der Waals surface area contributed by atoms with Gasteiger partial charge in [-0.2, -0.15) is 5.90 Å². The maximum absolute atomic E-state index is 10.5. The Bertz CT molecular complexity index is 102. The van der Waals surface area contributed by atoms with Crippen LogP contribution in [-0.2, 0) is 4.84 Å². The van der Waals surface area contributed by atoms with Crippen molar-refractivity contribution in [2.24, 2.45) is 5.90 Å². The van der Waals surface area contributed by atoms with Crippen LogP contribution in [-0.4, -0.2) is 12.1 Å². The average Bonchev–Trinajstić information content (AvgIpc) is 1.99. The van der Waals surface area contributed by atoms with E-state index in [-0.39, 0.29) is 6.04 Å². The number of nitrogens with two attached hydrogens (primary N) is 1. The fraction of sp³-hybridized carbons (Fsp3) is 0.833. The van der Waals surface area contributed by atoms with E-state index >= 15 is 0 Å². The Morgan fingerprint density at radius 1 is 1.60 bits per heavy atom. The predicted octanol–water partition coefficient (Wildman–Crippen LogP) is 0.775. The molecule has 0 radical (unpaired) electrons. The van der Waals surface area contributed by atoms with E-state index in [1.807, 2.05) is 13.8 Å². The minimum atomic E-state index is -0.561. The van der Waals surface area contributed by atoms with Crippen LogP contribution in [0.1, 0.15) is 26.7 Å². The highest BCUT2D eigenvalue weighted by molar-refractivity contribution is 5.67. The molecule has 0 saturated heterocycles. The lowest BCUT2D eigenvalue weighted by Gasteiger charge is -2.11. The van der Waals surface area contributed by atoms with Gasteiger partial charge in [-0.05, 0) is 12.8 Å². The number of amides is 1. The number of carbonyl (C=O) groups excluding carboxylic acids is 1. The van der Waals surface area contributed by atoms with Gasteiger partial charge in [0.25, 0.3) is 0 Å². The van der Waals surface area contributed by atoms with Gasteiger partial charge in [0.2, 0.25) is 0 Å². The van der Waals surface area contributed by atoms with E-state index in [0.29, 0.717) is 0 Å². The van der Waals surface area contributed by atoms with Gasteiger partial charge >= 0.3 is 6.09 Å². The molecule has 0 unspecified atom stereocenters. The molecular formula is C6H14N2O2. The third-order valence-corrected chi connectivity index (χ3v) is 1.41. The molecule has 0 aliphatic carbocycles. The van der Waals surface area contributed by atoms with Crippen molar-refractivity contribution in [2.75, 3.05) is 0 Å². The summed E-state index contributed by atoms with van der Waals surface area (Å²) < 4.78 is 0. The first-order valence-corrected chi connectivity index (χ1v) is 3.41. The van der Waals surface area contributed by atoms with E-state index in [2.05, 4.69) is 16.1 Å². The Labute approximate surface area is 60.7 Å². The first-order chi connectivity index (χ1) is 4.74. The summed E-state index contributed by atoms with van der Waals surface area (Å²) in [5.41, 5.74) is 0. The Hall–Kier alpha value is -0.770. The standard InChI is InChI=1S/C6H14N2O2/c1-3-5(4-2)8-6(9)10-7/h5H,3-4,7H2,1-2H3,(H,8,9). The molecular weight excluding hydrogens is 132 g/mol. The van der Waals surface area contributed by atoms with Crippen LogP contribution in [0.3, 0.4) is 0 Å². The number of rotatable bonds is 3. The Kier molecular flexibility index (Phi) is 4.66. The number of hydrogen-bond acceptors (Lipinski definition) is 3. The molecule has 0 aromatic carbocycles. The summed E-state index contributed by atoms with van der Waals surface area (Å²) in [5, 5.41) is 2.58. The molecule has 0 rings (SSSR count). The van der Waals surface area contributed by atoms with E-state index < -0.39 is 6.09 Å². The molecule has 0 saturated carbocycles. The largest absolute Gasteiger partial charge is 0.426 e. The molecule has 0 spiro atoms. The molecule has 1 amide bonds. The molecule has 0 heterocycles. The van der Waals surface area contributed by atoms with E-state index in [9.17, 15) is 4.79 Å². The maximum Gasteiger partial charge on any atom is 0.426 e. The highest BCUT2D eigenvalue weighted by Gasteiger charge is 2.06. The minimum Gasteiger partial charge on any atom is -0.357 e. The quantitative estimate of drug-likeness (QED) is 0.578. The number of nitrogens with one attached hydrogen (secondary N) is 1. The highest BCUT2D eigenvalue weighted by Crippen LogP contribution is 1.95. The first-order valence-electron chi connectivity index (χ1n) is 3.41. The predicted molar refractivity (Wildman–Crippen MR) is 38.2 cm³/mol. The second-order valence-corrected chi connectivity index (χ2v) is 2.06. The molecule has 4 nitrogen and oxygen atoms in total. The van der Waals surface area contributed by atoms with Gasteiger partial charge in [-0.15, -0.1) is 0 Å². The lowest BCUT2D eigenvalue weighted by Crippen LogP contribution is -2.35. The molecule has 10 heavy (non-hydrogen) atoms. The molecule has 3 N–H and O–H groups in total. The van der Waals surface area contributed by atoms with E-state index in [0.717, 1.165) is 12.8 Å². The highest BCUT2D eigenvalue weighted by atomic mass is 16.7. The summed E-state index contributed by atoms with van der Waals surface area (Å²) in [5.74, 6) is 4.62. The Balaban J connectivity index is 3.52. The first kappa shape index (κ1) is 9.23. The van der Waals surface area contributed by atoms with E-state index in [4.69, 9.17) is 0 Å². The third kappa shape index (κ3) is 3.29. The summed E-state index contributed by atoms with van der Waals surface area (Å²) in [6.45, 7) is 3.98. The van der Waals surface area contributed by atoms with Gasteiger partial charge in [-0.25, -0.2) is 4.79 Å². The normalized spacial score (nSPS) is 9.60. The van der Waals surface area contributed by atoms with E-state index in [1.165, 1.54) is 0 Å². The second kappa shape index (κ2) is 5.05. The van der Waals surface area contributed by atoms with Gasteiger partial charge in [0, 0.05) is 6.04 Å². The second-order valence-electron chi connectivity index (χ2n) is 2.06. The smallest absolute Gasteiger partial charge is 0.357 e. The van der Waals surface area contributed by atoms with Crippen LogP contribution in [0.2, 0.25) is 0 Å². The SMILES string of the molecule is CCC(CC)NC(=O)ON. The monoisotopic (exact) mass is 146 g/mol. The van der Waals surface area contributed by atoms with Crippen molar-refractivity contribution in [3.8, 4) is 0 Å². The molecule has 0 fully saturated rings. The summed E-state index contributed by atoms with van der Waals surface area (Å²) in [6.07, 6.45) is 1.23. The zero-order chi connectivity index (χ0) is 7.98. The fourth-order valence-electron chi connectivity index (χ4n) is 0.693. The van der Waals surface area contributed by atoms with Crippen LogP contribution in [0.15, 0.2) is 0 Å². The summed E-state index contributed by atoms with van der Waals surface area (Å²) >= 11 is 0. The Morgan fingerprint density at radius 2 is 2.10 bits per heavy atom. The lowest BCUT2D eigenvalue weighted by atomic mass is 10.2. The van der Waals surface area contributed by atoms with Crippen molar-refractivity contribution in [2.45, 2.75) is 32.7 Å². The van der Waals surface area contributed by atoms with E-state index in [1.54, 1.807) is 0 Å². The number of hydrogen-bond donors (Lipinski definition) is 2. The van der Waals surface area contributed by atoms with Crippen molar-refractivity contribution in [3.63, 3.8) is 0 Å². The molecule has 0 aromatic rings. The van der Waals surface area contributed by atoms with Crippen molar-refractivity contribution in [3.05, 3.63) is 0 Å². The summed E-state index contributed by atoms with van der Waals surface area (Å²) in [7, 11) is 0. The molecule has 0 aromatic heterocycles. The zero-order valence-corrected chi connectivity index (χ0v) is 6.39. The van der Waals surface area contributed by atoms with Crippen molar-refractivity contribution in [1.82, 2.24) is 5.32 Å². The van der Waals surface area contributed by atoms with Crippen LogP contribution in [0.25, 0.3) is 0 Å². The van der Waals surface area contributed by atoms with Crippen LogP contribution < -0.4 is 11.2 Å². The van der Waals surface area contributed by atoms with Gasteiger partial charge in [0.1, 0.15) is 0 Å². The molecule has 60 valence electrons. The summed E-state index contributed by atoms with van der Waals surface area (Å²) in [4.78, 5) is 14.4. The van der Waals surface area contributed by atoms with Gasteiger partial charge < -0.3 is 10.2 Å². The summed E-state index contributed by atoms with van der Waals surface area (Å²) in [6, 6.07) is 0.177. The molecule has 4 heteroatoms. The molecule has 0 bridgehead atoms. The van der Waals surface area contributed by atoms with Crippen LogP contribution in [0.5, 0.6) is 0 Å². The third-order valence-electron chi connectivity index (χ3n) is 1.41. The van der Waals surface area contributed by atoms with Crippen molar-refractivity contribution < 1.29 is 9.63 Å². The van der Waals surface area contributed by atoms with Crippen molar-refractivity contribution in [1.29, 1.82) is 0 Å². The zero-order valence-electron chi connectivity index (χ0n) is 6.39. The topological polar surface area (TPSA) is 64.3 Å². The van der Waals surface area contributed by atoms with Crippen molar-refractivity contribution >= 4 is 6.09 Å². The number of carbonyl (C=O) groups is 1. The average molecular weight is 146 g/mol. The maximum atomic E-state index is 10.5. The van der Waals surface area contributed by atoms with Crippen LogP contribution in [0, 0.1) is 0 Å². The molecule has 0 aliphatic rings. The molecule has 0 atom stereocenters. The fourth-order valence-corrected chi connectivity index (χ4v) is 0.693. The van der Waals surface area contributed by atoms with Crippen LogP contribution >= 0.6 is 0 Å². The van der Waals surface area contributed by atoms with Crippen LogP contribution in [0.4, 0.5) is 4.79 Å². The van der Waals surface area contributed by atoms with Gasteiger partial charge in [0.05, 0.1) is 0 Å². The van der Waals surface area contributed by atoms with Gasteiger partial charge in [-0.1, -0.05) is 13.8 Å². The van der Waals surface area contributed by atoms with Gasteiger partial charge in [0.15, 0.2) is 0 Å². The minimum absolute atomic E-state index is 0.177.